The molecule has 130 valence electrons. The predicted octanol–water partition coefficient (Wildman–Crippen LogP) is 0.839. The van der Waals surface area contributed by atoms with E-state index in [0.717, 1.165) is 5.56 Å². The molecule has 2 aliphatic rings. The lowest BCUT2D eigenvalue weighted by atomic mass is 10.1. The third-order valence-corrected chi connectivity index (χ3v) is 4.48. The molecule has 3 rings (SSSR count). The van der Waals surface area contributed by atoms with Gasteiger partial charge in [0.15, 0.2) is 0 Å². The Balaban J connectivity index is 1.77. The van der Waals surface area contributed by atoms with Gasteiger partial charge in [0.05, 0.1) is 31.8 Å². The summed E-state index contributed by atoms with van der Waals surface area (Å²) in [6.45, 7) is 3.87. The molecule has 2 N–H and O–H groups in total. The topological polar surface area (TPSA) is 91.3 Å². The van der Waals surface area contributed by atoms with E-state index in [9.17, 15) is 9.59 Å². The molecule has 0 aromatic heterocycles. The molecular weight excluding hydrogens is 314 g/mol. The fraction of sp³-hybridized carbons (Fsp3) is 0.500. The fourth-order valence-electron chi connectivity index (χ4n) is 2.85. The third-order valence-electron chi connectivity index (χ3n) is 4.48. The number of benzene rings is 1. The summed E-state index contributed by atoms with van der Waals surface area (Å²) in [5.74, 6) is -0.0468. The number of carbonyl (C=O) groups excluding carboxylic acids is 2. The number of hydroxylamine groups is 1. The summed E-state index contributed by atoms with van der Waals surface area (Å²) in [5, 5.41) is 8.73. The quantitative estimate of drug-likeness (QED) is 0.617. The number of urea groups is 1. The van der Waals surface area contributed by atoms with Crippen LogP contribution in [-0.2, 0) is 11.3 Å². The van der Waals surface area contributed by atoms with Crippen LogP contribution in [-0.4, -0.2) is 65.9 Å². The number of likely N-dealkylation sites (tertiary alicyclic amines) is 1. The van der Waals surface area contributed by atoms with Crippen LogP contribution in [0.3, 0.4) is 0 Å². The van der Waals surface area contributed by atoms with Crippen LogP contribution in [0.4, 0.5) is 4.79 Å². The van der Waals surface area contributed by atoms with Crippen molar-refractivity contribution in [3.05, 3.63) is 29.3 Å². The fourth-order valence-corrected chi connectivity index (χ4v) is 2.85. The van der Waals surface area contributed by atoms with E-state index in [2.05, 4.69) is 0 Å². The number of nitrogens with zero attached hydrogens (tertiary/aromatic N) is 2. The molecule has 0 bridgehead atoms. The number of fused-ring (bicyclic) bond motifs is 1. The van der Waals surface area contributed by atoms with Gasteiger partial charge in [-0.05, 0) is 19.1 Å². The van der Waals surface area contributed by atoms with Gasteiger partial charge < -0.3 is 19.3 Å². The van der Waals surface area contributed by atoms with Crippen molar-refractivity contribution >= 4 is 11.9 Å². The number of ether oxygens (including phenoxy) is 2. The van der Waals surface area contributed by atoms with Crippen LogP contribution >= 0.6 is 0 Å². The first-order valence-corrected chi connectivity index (χ1v) is 7.82. The maximum absolute atomic E-state index is 12.7. The van der Waals surface area contributed by atoms with Crippen LogP contribution in [0.15, 0.2) is 18.2 Å². The Morgan fingerprint density at radius 3 is 2.79 bits per heavy atom. The zero-order chi connectivity index (χ0) is 17.3. The van der Waals surface area contributed by atoms with Gasteiger partial charge in [0, 0.05) is 18.2 Å². The smallest absolute Gasteiger partial charge is 0.320 e. The molecule has 0 spiro atoms. The number of hydrogen-bond acceptors (Lipinski definition) is 5. The van der Waals surface area contributed by atoms with Gasteiger partial charge in [0.25, 0.3) is 5.91 Å². The van der Waals surface area contributed by atoms with Crippen molar-refractivity contribution in [3.8, 4) is 5.75 Å². The lowest BCUT2D eigenvalue weighted by molar-refractivity contribution is -0.0190. The Hall–Kier alpha value is -2.32. The molecule has 24 heavy (non-hydrogen) atoms. The summed E-state index contributed by atoms with van der Waals surface area (Å²) in [6, 6.07) is 4.78. The summed E-state index contributed by atoms with van der Waals surface area (Å²) in [4.78, 5) is 27.7. The highest BCUT2D eigenvalue weighted by Crippen LogP contribution is 2.28. The molecule has 0 radical (unpaired) electrons. The minimum Gasteiger partial charge on any atom is -0.491 e. The zero-order valence-electron chi connectivity index (χ0n) is 13.7. The molecule has 1 aromatic rings. The van der Waals surface area contributed by atoms with E-state index in [-0.39, 0.29) is 18.2 Å². The predicted molar refractivity (Wildman–Crippen MR) is 84.0 cm³/mol. The van der Waals surface area contributed by atoms with Crippen LogP contribution in [0.5, 0.6) is 5.75 Å². The summed E-state index contributed by atoms with van der Waals surface area (Å²) < 4.78 is 11.0. The van der Waals surface area contributed by atoms with Crippen molar-refractivity contribution in [2.45, 2.75) is 25.6 Å². The number of methoxy groups -OCH3 is 1. The van der Waals surface area contributed by atoms with Gasteiger partial charge in [-0.25, -0.2) is 10.3 Å². The van der Waals surface area contributed by atoms with E-state index in [1.54, 1.807) is 40.6 Å². The molecule has 1 aromatic carbocycles. The minimum atomic E-state index is -0.599. The van der Waals surface area contributed by atoms with E-state index in [4.69, 9.17) is 14.7 Å². The van der Waals surface area contributed by atoms with E-state index < -0.39 is 5.91 Å². The first-order valence-electron chi connectivity index (χ1n) is 7.82. The van der Waals surface area contributed by atoms with Gasteiger partial charge in [-0.1, -0.05) is 6.07 Å². The number of hydrogen-bond donors (Lipinski definition) is 2. The largest absolute Gasteiger partial charge is 0.491 e. The second-order valence-corrected chi connectivity index (χ2v) is 6.10. The summed E-state index contributed by atoms with van der Waals surface area (Å²) >= 11 is 0. The maximum atomic E-state index is 12.7. The number of rotatable bonds is 2. The first kappa shape index (κ1) is 16.5. The highest BCUT2D eigenvalue weighted by atomic mass is 16.5. The van der Waals surface area contributed by atoms with Crippen LogP contribution in [0, 0.1) is 0 Å². The van der Waals surface area contributed by atoms with E-state index >= 15 is 0 Å². The standard InChI is InChI=1S/C16H21N3O5/c1-10-9-24-14-5-11(15(20)17-22)3-4-12(14)6-19(10)16(21)18-7-13(8-18)23-2/h3-5,10,13,22H,6-9H2,1-2H3,(H,17,20). The summed E-state index contributed by atoms with van der Waals surface area (Å²) in [6.07, 6.45) is 0.110. The normalized spacial score (nSPS) is 20.5. The highest BCUT2D eigenvalue weighted by molar-refractivity contribution is 5.93. The van der Waals surface area contributed by atoms with Crippen LogP contribution in [0.1, 0.15) is 22.8 Å². The molecule has 8 nitrogen and oxygen atoms in total. The van der Waals surface area contributed by atoms with Gasteiger partial charge in [0.1, 0.15) is 12.4 Å². The van der Waals surface area contributed by atoms with Crippen molar-refractivity contribution in [3.63, 3.8) is 0 Å². The van der Waals surface area contributed by atoms with E-state index in [1.807, 2.05) is 6.92 Å². The average Bonchev–Trinajstić information content (AvgIpc) is 2.72. The molecule has 2 aliphatic heterocycles. The molecule has 2 heterocycles. The SMILES string of the molecule is COC1CN(C(=O)N2Cc3ccc(C(=O)NO)cc3OCC2C)C1. The number of carbonyl (C=O) groups is 2. The molecule has 0 aliphatic carbocycles. The lowest BCUT2D eigenvalue weighted by Gasteiger charge is -2.42. The second-order valence-electron chi connectivity index (χ2n) is 6.10. The molecule has 1 fully saturated rings. The van der Waals surface area contributed by atoms with Crippen molar-refractivity contribution in [2.75, 3.05) is 26.8 Å². The molecule has 3 amide bonds. The van der Waals surface area contributed by atoms with Crippen molar-refractivity contribution in [2.24, 2.45) is 0 Å². The van der Waals surface area contributed by atoms with Gasteiger partial charge in [0.2, 0.25) is 0 Å². The molecular formula is C16H21N3O5. The van der Waals surface area contributed by atoms with Crippen molar-refractivity contribution in [1.29, 1.82) is 0 Å². The Morgan fingerprint density at radius 2 is 2.12 bits per heavy atom. The Bertz CT molecular complexity index is 645. The molecule has 1 atom stereocenters. The van der Waals surface area contributed by atoms with E-state index in [1.165, 1.54) is 0 Å². The molecule has 1 unspecified atom stereocenters. The summed E-state index contributed by atoms with van der Waals surface area (Å²) in [5.41, 5.74) is 2.73. The number of nitrogens with one attached hydrogen (secondary N) is 1. The van der Waals surface area contributed by atoms with Gasteiger partial charge in [-0.3, -0.25) is 10.0 Å². The molecule has 0 saturated carbocycles. The van der Waals surface area contributed by atoms with Gasteiger partial charge >= 0.3 is 6.03 Å². The lowest BCUT2D eigenvalue weighted by Crippen LogP contribution is -2.59. The average molecular weight is 335 g/mol. The first-order chi connectivity index (χ1) is 11.5. The summed E-state index contributed by atoms with van der Waals surface area (Å²) in [7, 11) is 1.64. The van der Waals surface area contributed by atoms with Gasteiger partial charge in [-0.2, -0.15) is 0 Å². The van der Waals surface area contributed by atoms with Crippen molar-refractivity contribution < 1.29 is 24.3 Å². The Kier molecular flexibility index (Phi) is 4.59. The number of amides is 3. The maximum Gasteiger partial charge on any atom is 0.320 e. The van der Waals surface area contributed by atoms with Crippen LogP contribution in [0.2, 0.25) is 0 Å². The van der Waals surface area contributed by atoms with E-state index in [0.29, 0.717) is 37.6 Å². The molecule has 1 saturated heterocycles. The Morgan fingerprint density at radius 1 is 1.38 bits per heavy atom. The monoisotopic (exact) mass is 335 g/mol. The highest BCUT2D eigenvalue weighted by Gasteiger charge is 2.36. The van der Waals surface area contributed by atoms with Crippen LogP contribution in [0.25, 0.3) is 0 Å². The second kappa shape index (κ2) is 6.66. The minimum absolute atomic E-state index is 0.0376. The van der Waals surface area contributed by atoms with Crippen LogP contribution < -0.4 is 10.2 Å². The third kappa shape index (κ3) is 3.02. The molecule has 8 heteroatoms. The van der Waals surface area contributed by atoms with Crippen molar-refractivity contribution in [1.82, 2.24) is 15.3 Å². The Labute approximate surface area is 139 Å². The van der Waals surface area contributed by atoms with Gasteiger partial charge in [-0.15, -0.1) is 0 Å². The zero-order valence-corrected chi connectivity index (χ0v) is 13.7.